The van der Waals surface area contributed by atoms with Gasteiger partial charge in [-0.05, 0) is 81.3 Å². The zero-order valence-electron chi connectivity index (χ0n) is 14.5. The van der Waals surface area contributed by atoms with E-state index in [1.165, 1.54) is 28.2 Å². The van der Waals surface area contributed by atoms with Gasteiger partial charge in [0.15, 0.2) is 0 Å². The van der Waals surface area contributed by atoms with Crippen LogP contribution in [-0.4, -0.2) is 10.8 Å². The number of aliphatic imine (C=N–C) groups is 1. The first-order valence-electron chi connectivity index (χ1n) is 8.02. The van der Waals surface area contributed by atoms with Crippen LogP contribution in [-0.2, 0) is 0 Å². The second-order valence-electron chi connectivity index (χ2n) is 6.17. The molecule has 0 aliphatic carbocycles. The van der Waals surface area contributed by atoms with Gasteiger partial charge in [-0.1, -0.05) is 22.0 Å². The first-order chi connectivity index (χ1) is 11.5. The number of nitrogens with zero attached hydrogens (tertiary/aromatic N) is 2. The van der Waals surface area contributed by atoms with E-state index in [9.17, 15) is 0 Å². The molecule has 3 aromatic rings. The number of hydrogen-bond acceptors (Lipinski definition) is 1. The number of halogens is 1. The number of aromatic nitrogens is 1. The summed E-state index contributed by atoms with van der Waals surface area (Å²) in [5.41, 5.74) is 8.35. The summed E-state index contributed by atoms with van der Waals surface area (Å²) in [6.45, 7) is 8.58. The number of aryl methyl sites for hydroxylation is 3. The van der Waals surface area contributed by atoms with Crippen LogP contribution >= 0.6 is 15.9 Å². The summed E-state index contributed by atoms with van der Waals surface area (Å²) in [6, 6.07) is 16.8. The lowest BCUT2D eigenvalue weighted by Gasteiger charge is -2.11. The highest BCUT2D eigenvalue weighted by atomic mass is 79.9. The molecule has 0 atom stereocenters. The fourth-order valence-electron chi connectivity index (χ4n) is 2.85. The summed E-state index contributed by atoms with van der Waals surface area (Å²) in [5, 5.41) is 0. The van der Waals surface area contributed by atoms with Gasteiger partial charge in [0.1, 0.15) is 0 Å². The summed E-state index contributed by atoms with van der Waals surface area (Å²) in [4.78, 5) is 4.60. The second-order valence-corrected chi connectivity index (χ2v) is 7.08. The molecule has 0 saturated heterocycles. The summed E-state index contributed by atoms with van der Waals surface area (Å²) in [6.07, 6.45) is 1.95. The van der Waals surface area contributed by atoms with E-state index in [0.717, 1.165) is 15.7 Å². The zero-order valence-corrected chi connectivity index (χ0v) is 16.1. The quantitative estimate of drug-likeness (QED) is 0.479. The van der Waals surface area contributed by atoms with Crippen molar-refractivity contribution in [2.45, 2.75) is 27.7 Å². The summed E-state index contributed by atoms with van der Waals surface area (Å²) in [5.74, 6) is 0. The van der Waals surface area contributed by atoms with Crippen molar-refractivity contribution in [1.29, 1.82) is 0 Å². The van der Waals surface area contributed by atoms with E-state index < -0.39 is 0 Å². The maximum Gasteiger partial charge on any atom is 0.0630 e. The monoisotopic (exact) mass is 380 g/mol. The molecule has 0 fully saturated rings. The lowest BCUT2D eigenvalue weighted by Crippen LogP contribution is -2.00. The van der Waals surface area contributed by atoms with Crippen LogP contribution < -0.4 is 0 Å². The van der Waals surface area contributed by atoms with Crippen molar-refractivity contribution >= 4 is 27.8 Å². The Morgan fingerprint density at radius 2 is 1.58 bits per heavy atom. The summed E-state index contributed by atoms with van der Waals surface area (Å²) < 4.78 is 3.35. The standard InChI is InChI=1S/C21H21BrN2/c1-14-5-10-21(11-15(14)2)24-16(3)12-18(17(24)4)13-23-20-8-6-19(22)7-9-20/h5-13H,1-4H3. The Morgan fingerprint density at radius 3 is 2.25 bits per heavy atom. The van der Waals surface area contributed by atoms with Crippen LogP contribution in [0.2, 0.25) is 0 Å². The van der Waals surface area contributed by atoms with Crippen molar-refractivity contribution in [3.8, 4) is 5.69 Å². The van der Waals surface area contributed by atoms with Gasteiger partial charge in [0.25, 0.3) is 0 Å². The molecule has 2 nitrogen and oxygen atoms in total. The third kappa shape index (κ3) is 3.36. The Balaban J connectivity index is 1.97. The fourth-order valence-corrected chi connectivity index (χ4v) is 3.12. The van der Waals surface area contributed by atoms with Crippen LogP contribution in [0.3, 0.4) is 0 Å². The molecular weight excluding hydrogens is 360 g/mol. The first kappa shape index (κ1) is 16.7. The lowest BCUT2D eigenvalue weighted by atomic mass is 10.1. The molecule has 1 aromatic heterocycles. The highest BCUT2D eigenvalue weighted by Gasteiger charge is 2.10. The maximum atomic E-state index is 4.60. The Kier molecular flexibility index (Phi) is 4.72. The molecule has 0 saturated carbocycles. The van der Waals surface area contributed by atoms with Crippen LogP contribution in [0.15, 0.2) is 58.0 Å². The van der Waals surface area contributed by atoms with E-state index in [4.69, 9.17) is 0 Å². The van der Waals surface area contributed by atoms with E-state index in [2.05, 4.69) is 77.4 Å². The molecule has 0 radical (unpaired) electrons. The molecule has 0 amide bonds. The molecule has 24 heavy (non-hydrogen) atoms. The molecule has 0 aliphatic heterocycles. The molecule has 0 N–H and O–H groups in total. The van der Waals surface area contributed by atoms with Gasteiger partial charge in [-0.2, -0.15) is 0 Å². The molecule has 3 heteroatoms. The molecule has 3 rings (SSSR count). The average molecular weight is 381 g/mol. The predicted octanol–water partition coefficient (Wildman–Crippen LogP) is 6.22. The third-order valence-electron chi connectivity index (χ3n) is 4.40. The SMILES string of the molecule is Cc1ccc(-n2c(C)cc(C=Nc3ccc(Br)cc3)c2C)cc1C. The van der Waals surface area contributed by atoms with Gasteiger partial charge >= 0.3 is 0 Å². The van der Waals surface area contributed by atoms with Crippen LogP contribution in [0.5, 0.6) is 0 Å². The molecule has 0 unspecified atom stereocenters. The lowest BCUT2D eigenvalue weighted by molar-refractivity contribution is 0.961. The Morgan fingerprint density at radius 1 is 0.875 bits per heavy atom. The van der Waals surface area contributed by atoms with Crippen molar-refractivity contribution in [2.24, 2.45) is 4.99 Å². The van der Waals surface area contributed by atoms with Crippen LogP contribution in [0.4, 0.5) is 5.69 Å². The topological polar surface area (TPSA) is 17.3 Å². The molecule has 2 aromatic carbocycles. The molecule has 0 bridgehead atoms. The minimum atomic E-state index is 0.953. The van der Waals surface area contributed by atoms with Gasteiger partial charge in [-0.3, -0.25) is 4.99 Å². The first-order valence-corrected chi connectivity index (χ1v) is 8.81. The van der Waals surface area contributed by atoms with Crippen molar-refractivity contribution in [3.63, 3.8) is 0 Å². The van der Waals surface area contributed by atoms with Gasteiger partial charge in [0, 0.05) is 33.3 Å². The summed E-state index contributed by atoms with van der Waals surface area (Å²) in [7, 11) is 0. The van der Waals surface area contributed by atoms with Gasteiger partial charge in [0.2, 0.25) is 0 Å². The average Bonchev–Trinajstić information content (AvgIpc) is 2.84. The van der Waals surface area contributed by atoms with Gasteiger partial charge in [-0.25, -0.2) is 0 Å². The van der Waals surface area contributed by atoms with Gasteiger partial charge < -0.3 is 4.57 Å². The Labute approximate surface area is 152 Å². The van der Waals surface area contributed by atoms with Crippen molar-refractivity contribution in [2.75, 3.05) is 0 Å². The van der Waals surface area contributed by atoms with Crippen LogP contribution in [0.25, 0.3) is 5.69 Å². The number of hydrogen-bond donors (Lipinski definition) is 0. The predicted molar refractivity (Wildman–Crippen MR) is 106 cm³/mol. The molecule has 122 valence electrons. The fraction of sp³-hybridized carbons (Fsp3) is 0.190. The third-order valence-corrected chi connectivity index (χ3v) is 4.93. The van der Waals surface area contributed by atoms with E-state index in [1.54, 1.807) is 0 Å². The Hall–Kier alpha value is -2.13. The molecule has 0 spiro atoms. The van der Waals surface area contributed by atoms with Gasteiger partial charge in [0.05, 0.1) is 5.69 Å². The van der Waals surface area contributed by atoms with E-state index in [1.807, 2.05) is 30.5 Å². The van der Waals surface area contributed by atoms with E-state index >= 15 is 0 Å². The normalized spacial score (nSPS) is 11.4. The van der Waals surface area contributed by atoms with Crippen LogP contribution in [0.1, 0.15) is 28.1 Å². The van der Waals surface area contributed by atoms with E-state index in [0.29, 0.717) is 0 Å². The highest BCUT2D eigenvalue weighted by molar-refractivity contribution is 9.10. The molecule has 1 heterocycles. The van der Waals surface area contributed by atoms with Crippen molar-refractivity contribution < 1.29 is 0 Å². The largest absolute Gasteiger partial charge is 0.318 e. The highest BCUT2D eigenvalue weighted by Crippen LogP contribution is 2.23. The summed E-state index contributed by atoms with van der Waals surface area (Å²) >= 11 is 3.45. The number of rotatable bonds is 3. The van der Waals surface area contributed by atoms with Crippen molar-refractivity contribution in [3.05, 3.63) is 81.1 Å². The van der Waals surface area contributed by atoms with Crippen LogP contribution in [0, 0.1) is 27.7 Å². The van der Waals surface area contributed by atoms with Gasteiger partial charge in [-0.15, -0.1) is 0 Å². The smallest absolute Gasteiger partial charge is 0.0630 e. The van der Waals surface area contributed by atoms with E-state index in [-0.39, 0.29) is 0 Å². The zero-order chi connectivity index (χ0) is 17.3. The minimum absolute atomic E-state index is 0.953. The van der Waals surface area contributed by atoms with Crippen molar-refractivity contribution in [1.82, 2.24) is 4.57 Å². The number of benzene rings is 2. The molecular formula is C21H21BrN2. The second kappa shape index (κ2) is 6.78. The minimum Gasteiger partial charge on any atom is -0.318 e. The molecule has 0 aliphatic rings. The Bertz CT molecular complexity index is 902. The maximum absolute atomic E-state index is 4.60.